The van der Waals surface area contributed by atoms with E-state index in [0.717, 1.165) is 0 Å². The molecule has 3 aromatic carbocycles. The summed E-state index contributed by atoms with van der Waals surface area (Å²) in [4.78, 5) is 44.9. The van der Waals surface area contributed by atoms with E-state index in [0.29, 0.717) is 60.3 Å². The Balaban J connectivity index is 1.43. The Morgan fingerprint density at radius 1 is 0.977 bits per heavy atom. The number of methoxy groups -OCH3 is 2. The maximum atomic E-state index is 14.0. The van der Waals surface area contributed by atoms with E-state index in [1.807, 2.05) is 48.5 Å². The number of aromatic nitrogens is 1. The summed E-state index contributed by atoms with van der Waals surface area (Å²) in [6, 6.07) is 26.1. The Bertz CT molecular complexity index is 2110. The van der Waals surface area contributed by atoms with Gasteiger partial charge in [0, 0.05) is 17.3 Å². The third-order valence-electron chi connectivity index (χ3n) is 7.18. The Morgan fingerprint density at radius 3 is 2.55 bits per heavy atom. The molecule has 2 aromatic heterocycles. The molecule has 0 saturated heterocycles. The first-order valence-corrected chi connectivity index (χ1v) is 14.5. The number of esters is 1. The van der Waals surface area contributed by atoms with Crippen LogP contribution in [-0.2, 0) is 9.53 Å². The molecule has 220 valence electrons. The summed E-state index contributed by atoms with van der Waals surface area (Å²) in [5, 5.41) is 2.95. The maximum absolute atomic E-state index is 14.0. The fourth-order valence-electron chi connectivity index (χ4n) is 5.09. The van der Waals surface area contributed by atoms with E-state index >= 15 is 0 Å². The quantitative estimate of drug-likeness (QED) is 0.264. The van der Waals surface area contributed by atoms with Gasteiger partial charge in [0.1, 0.15) is 17.3 Å². The van der Waals surface area contributed by atoms with Gasteiger partial charge in [-0.3, -0.25) is 14.2 Å². The number of amides is 1. The number of ether oxygens (including phenoxy) is 2. The molecule has 44 heavy (non-hydrogen) atoms. The molecule has 1 aliphatic heterocycles. The molecule has 10 heteroatoms. The van der Waals surface area contributed by atoms with E-state index in [1.54, 1.807) is 67.1 Å². The van der Waals surface area contributed by atoms with Crippen LogP contribution in [0, 0.1) is 0 Å². The van der Waals surface area contributed by atoms with Crippen LogP contribution in [0.3, 0.4) is 0 Å². The molecule has 0 aliphatic carbocycles. The Kier molecular flexibility index (Phi) is 7.82. The maximum Gasteiger partial charge on any atom is 0.337 e. The fourth-order valence-corrected chi connectivity index (χ4v) is 6.12. The summed E-state index contributed by atoms with van der Waals surface area (Å²) in [6.45, 7) is 1.77. The van der Waals surface area contributed by atoms with Gasteiger partial charge in [-0.2, -0.15) is 0 Å². The van der Waals surface area contributed by atoms with Crippen LogP contribution in [-0.4, -0.2) is 30.7 Å². The van der Waals surface area contributed by atoms with Gasteiger partial charge in [0.2, 0.25) is 0 Å². The first-order chi connectivity index (χ1) is 21.4. The number of furan rings is 1. The van der Waals surface area contributed by atoms with Crippen molar-refractivity contribution in [1.29, 1.82) is 0 Å². The number of thiazole rings is 1. The molecular formula is C34H27N3O6S. The summed E-state index contributed by atoms with van der Waals surface area (Å²) >= 11 is 1.21. The van der Waals surface area contributed by atoms with E-state index in [-0.39, 0.29) is 11.5 Å². The molecule has 0 radical (unpaired) electrons. The largest absolute Gasteiger partial charge is 0.497 e. The highest BCUT2D eigenvalue weighted by Crippen LogP contribution is 2.32. The van der Waals surface area contributed by atoms with Crippen LogP contribution in [0.15, 0.2) is 116 Å². The van der Waals surface area contributed by atoms with Gasteiger partial charge in [-0.15, -0.1) is 0 Å². The van der Waals surface area contributed by atoms with Gasteiger partial charge < -0.3 is 19.2 Å². The summed E-state index contributed by atoms with van der Waals surface area (Å²) in [5.74, 6) is 0.771. The second-order valence-corrected chi connectivity index (χ2v) is 11.0. The standard InChI is InChI=1S/C34H27N3O6S/c1-20-29(31(38)36-24-12-5-4-6-13-24)30(22-10-8-14-25(18-22)41-2)37-32(39)28(44-34(37)35-20)19-26-15-16-27(43-26)21-9-7-11-23(17-21)33(40)42-3/h4-19,30H,1-3H3,(H,36,38)/b28-19-/t30-/m0/s1. The molecule has 1 N–H and O–H groups in total. The van der Waals surface area contributed by atoms with Gasteiger partial charge >= 0.3 is 5.97 Å². The first kappa shape index (κ1) is 28.6. The van der Waals surface area contributed by atoms with E-state index in [4.69, 9.17) is 18.9 Å². The molecule has 5 aromatic rings. The first-order valence-electron chi connectivity index (χ1n) is 13.7. The van der Waals surface area contributed by atoms with Crippen molar-refractivity contribution in [2.75, 3.05) is 19.5 Å². The monoisotopic (exact) mass is 605 g/mol. The van der Waals surface area contributed by atoms with Gasteiger partial charge in [-0.05, 0) is 61.0 Å². The number of allylic oxidation sites excluding steroid dienone is 1. The molecule has 0 unspecified atom stereocenters. The van der Waals surface area contributed by atoms with Crippen molar-refractivity contribution in [1.82, 2.24) is 4.57 Å². The highest BCUT2D eigenvalue weighted by atomic mass is 32.1. The summed E-state index contributed by atoms with van der Waals surface area (Å²) in [5.41, 5.74) is 2.97. The number of carbonyl (C=O) groups excluding carboxylic acids is 2. The average molecular weight is 606 g/mol. The number of rotatable bonds is 7. The van der Waals surface area contributed by atoms with Gasteiger partial charge in [0.25, 0.3) is 11.5 Å². The van der Waals surface area contributed by atoms with Gasteiger partial charge in [-0.25, -0.2) is 9.79 Å². The summed E-state index contributed by atoms with van der Waals surface area (Å²) in [7, 11) is 2.90. The number of nitrogens with zero attached hydrogens (tertiary/aromatic N) is 2. The minimum atomic E-state index is -0.750. The van der Waals surface area contributed by atoms with Gasteiger partial charge in [-0.1, -0.05) is 53.8 Å². The van der Waals surface area contributed by atoms with Gasteiger partial charge in [0.15, 0.2) is 4.80 Å². The lowest BCUT2D eigenvalue weighted by atomic mass is 9.95. The molecule has 0 bridgehead atoms. The van der Waals surface area contributed by atoms with Crippen molar-refractivity contribution in [3.63, 3.8) is 0 Å². The number of anilines is 1. The highest BCUT2D eigenvalue weighted by Gasteiger charge is 2.33. The smallest absolute Gasteiger partial charge is 0.337 e. The van der Waals surface area contributed by atoms with Crippen LogP contribution in [0.4, 0.5) is 5.69 Å². The predicted octanol–water partition coefficient (Wildman–Crippen LogP) is 4.93. The van der Waals surface area contributed by atoms with Crippen molar-refractivity contribution in [3.8, 4) is 17.1 Å². The molecule has 0 saturated carbocycles. The molecule has 3 heterocycles. The van der Waals surface area contributed by atoms with Crippen molar-refractivity contribution in [2.45, 2.75) is 13.0 Å². The van der Waals surface area contributed by atoms with Crippen molar-refractivity contribution in [2.24, 2.45) is 4.99 Å². The molecule has 1 atom stereocenters. The van der Waals surface area contributed by atoms with Gasteiger partial charge in [0.05, 0.1) is 41.6 Å². The van der Waals surface area contributed by atoms with E-state index in [2.05, 4.69) is 5.32 Å². The fraction of sp³-hybridized carbons (Fsp3) is 0.118. The zero-order chi connectivity index (χ0) is 30.8. The molecule has 1 aliphatic rings. The van der Waals surface area contributed by atoms with E-state index < -0.39 is 12.0 Å². The predicted molar refractivity (Wildman–Crippen MR) is 167 cm³/mol. The van der Waals surface area contributed by atoms with Crippen molar-refractivity contribution >= 4 is 35.0 Å². The van der Waals surface area contributed by atoms with Crippen molar-refractivity contribution < 1.29 is 23.5 Å². The number of fused-ring (bicyclic) bond motifs is 1. The molecule has 1 amide bonds. The minimum absolute atomic E-state index is 0.315. The van der Waals surface area contributed by atoms with Crippen LogP contribution in [0.2, 0.25) is 0 Å². The van der Waals surface area contributed by atoms with Crippen LogP contribution < -0.4 is 24.9 Å². The van der Waals surface area contributed by atoms with E-state index in [9.17, 15) is 14.4 Å². The lowest BCUT2D eigenvalue weighted by Crippen LogP contribution is -2.40. The Labute approximate surface area is 256 Å². The summed E-state index contributed by atoms with van der Waals surface area (Å²) in [6.07, 6.45) is 1.66. The number of nitrogens with one attached hydrogen (secondary N) is 1. The second-order valence-electron chi connectivity index (χ2n) is 9.95. The SMILES string of the molecule is COC(=O)c1cccc(-c2ccc(/C=c3\sc4n(c3=O)[C@@H](c3cccc(OC)c3)C(C(=O)Nc3ccccc3)=C(C)N=4)o2)c1. The van der Waals surface area contributed by atoms with E-state index in [1.165, 1.54) is 18.4 Å². The minimum Gasteiger partial charge on any atom is -0.497 e. The number of carbonyl (C=O) groups is 2. The number of para-hydroxylation sites is 1. The number of hydrogen-bond acceptors (Lipinski definition) is 8. The summed E-state index contributed by atoms with van der Waals surface area (Å²) < 4.78 is 18.3. The van der Waals surface area contributed by atoms with Crippen LogP contribution in [0.1, 0.15) is 34.6 Å². The van der Waals surface area contributed by atoms with Crippen LogP contribution >= 0.6 is 11.3 Å². The number of benzene rings is 3. The zero-order valence-electron chi connectivity index (χ0n) is 24.1. The Morgan fingerprint density at radius 2 is 1.77 bits per heavy atom. The van der Waals surface area contributed by atoms with Crippen LogP contribution in [0.25, 0.3) is 17.4 Å². The second kappa shape index (κ2) is 12.0. The molecule has 6 rings (SSSR count). The number of hydrogen-bond donors (Lipinski definition) is 1. The molecular weight excluding hydrogens is 578 g/mol. The lowest BCUT2D eigenvalue weighted by molar-refractivity contribution is -0.113. The topological polar surface area (TPSA) is 112 Å². The lowest BCUT2D eigenvalue weighted by Gasteiger charge is -2.25. The highest BCUT2D eigenvalue weighted by molar-refractivity contribution is 7.07. The normalized spacial score (nSPS) is 14.5. The Hall–Kier alpha value is -5.48. The molecule has 9 nitrogen and oxygen atoms in total. The molecule has 0 fully saturated rings. The average Bonchev–Trinajstić information content (AvgIpc) is 3.64. The van der Waals surface area contributed by atoms with Crippen molar-refractivity contribution in [3.05, 3.63) is 139 Å². The van der Waals surface area contributed by atoms with Crippen LogP contribution in [0.5, 0.6) is 5.75 Å². The third-order valence-corrected chi connectivity index (χ3v) is 8.16. The third kappa shape index (κ3) is 5.50. The molecule has 0 spiro atoms. The zero-order valence-corrected chi connectivity index (χ0v) is 24.9.